The third-order valence-electron chi connectivity index (χ3n) is 5.57. The van der Waals surface area contributed by atoms with Crippen molar-refractivity contribution in [2.24, 2.45) is 5.41 Å². The summed E-state index contributed by atoms with van der Waals surface area (Å²) >= 11 is 0. The molecule has 0 saturated carbocycles. The topological polar surface area (TPSA) is 95.1 Å². The van der Waals surface area contributed by atoms with Gasteiger partial charge in [-0.3, -0.25) is 19.7 Å². The summed E-state index contributed by atoms with van der Waals surface area (Å²) < 4.78 is 0. The molecule has 2 amide bonds. The molecule has 142 valence electrons. The molecule has 2 aliphatic heterocycles. The average molecular weight is 368 g/mol. The van der Waals surface area contributed by atoms with Crippen LogP contribution in [0.2, 0.25) is 0 Å². The van der Waals surface area contributed by atoms with Crippen LogP contribution in [0.5, 0.6) is 0 Å². The zero-order chi connectivity index (χ0) is 18.9. The number of aromatic amines is 1. The zero-order valence-electron chi connectivity index (χ0n) is 15.5. The Morgan fingerprint density at radius 1 is 1.33 bits per heavy atom. The molecule has 2 saturated heterocycles. The fourth-order valence-corrected chi connectivity index (χ4v) is 4.09. The van der Waals surface area contributed by atoms with Crippen molar-refractivity contribution in [1.82, 2.24) is 30.0 Å². The largest absolute Gasteiger partial charge is 0.342 e. The standard InChI is InChI=1S/C19H24N6O2/c1-2-8-24-9-5-19(18(24)27)6-10-25(13-19)16(26)11-15-21-17(23-22-15)14-4-3-7-20-12-14/h3-4,7,12H,2,5-6,8-11,13H2,1H3,(H,21,22,23). The highest BCUT2D eigenvalue weighted by atomic mass is 16.2. The Kier molecular flexibility index (Phi) is 4.63. The third-order valence-corrected chi connectivity index (χ3v) is 5.57. The number of aromatic nitrogens is 4. The van der Waals surface area contributed by atoms with Gasteiger partial charge in [-0.2, -0.15) is 5.10 Å². The molecule has 27 heavy (non-hydrogen) atoms. The van der Waals surface area contributed by atoms with Crippen molar-refractivity contribution in [3.8, 4) is 11.4 Å². The van der Waals surface area contributed by atoms with Crippen molar-refractivity contribution in [2.45, 2.75) is 32.6 Å². The molecule has 8 nitrogen and oxygen atoms in total. The Balaban J connectivity index is 1.39. The number of rotatable bonds is 5. The Morgan fingerprint density at radius 3 is 2.96 bits per heavy atom. The lowest BCUT2D eigenvalue weighted by atomic mass is 9.85. The number of carbonyl (C=O) groups excluding carboxylic acids is 2. The van der Waals surface area contributed by atoms with Crippen LogP contribution in [0, 0.1) is 5.41 Å². The summed E-state index contributed by atoms with van der Waals surface area (Å²) in [6, 6.07) is 3.69. The van der Waals surface area contributed by atoms with E-state index in [0.29, 0.717) is 24.7 Å². The first-order valence-corrected chi connectivity index (χ1v) is 9.50. The van der Waals surface area contributed by atoms with Crippen LogP contribution >= 0.6 is 0 Å². The van der Waals surface area contributed by atoms with E-state index in [9.17, 15) is 9.59 Å². The van der Waals surface area contributed by atoms with Gasteiger partial charge in [-0.1, -0.05) is 6.92 Å². The van der Waals surface area contributed by atoms with Crippen molar-refractivity contribution in [3.63, 3.8) is 0 Å². The van der Waals surface area contributed by atoms with Crippen LogP contribution in [0.3, 0.4) is 0 Å². The van der Waals surface area contributed by atoms with E-state index in [1.54, 1.807) is 17.3 Å². The summed E-state index contributed by atoms with van der Waals surface area (Å²) in [5, 5.41) is 7.01. The number of nitrogens with one attached hydrogen (secondary N) is 1. The average Bonchev–Trinajstić information content (AvgIpc) is 3.39. The number of carbonyl (C=O) groups is 2. The fraction of sp³-hybridized carbons (Fsp3) is 0.526. The lowest BCUT2D eigenvalue weighted by molar-refractivity contribution is -0.136. The first-order valence-electron chi connectivity index (χ1n) is 9.50. The van der Waals surface area contributed by atoms with Gasteiger partial charge in [-0.05, 0) is 31.4 Å². The minimum absolute atomic E-state index is 0.0116. The van der Waals surface area contributed by atoms with Crippen molar-refractivity contribution in [2.75, 3.05) is 26.2 Å². The molecule has 0 radical (unpaired) electrons. The van der Waals surface area contributed by atoms with E-state index < -0.39 is 0 Å². The summed E-state index contributed by atoms with van der Waals surface area (Å²) in [6.07, 6.45) is 6.12. The second-order valence-electron chi connectivity index (χ2n) is 7.41. The highest BCUT2D eigenvalue weighted by molar-refractivity contribution is 5.87. The van der Waals surface area contributed by atoms with Gasteiger partial charge >= 0.3 is 0 Å². The van der Waals surface area contributed by atoms with Gasteiger partial charge in [0.25, 0.3) is 0 Å². The molecule has 1 spiro atoms. The Morgan fingerprint density at radius 2 is 2.19 bits per heavy atom. The van der Waals surface area contributed by atoms with Crippen LogP contribution in [-0.2, 0) is 16.0 Å². The molecule has 4 heterocycles. The highest BCUT2D eigenvalue weighted by Gasteiger charge is 2.51. The van der Waals surface area contributed by atoms with E-state index in [4.69, 9.17) is 0 Å². The molecule has 1 atom stereocenters. The summed E-state index contributed by atoms with van der Waals surface area (Å²) in [5.74, 6) is 1.27. The van der Waals surface area contributed by atoms with Gasteiger partial charge in [-0.15, -0.1) is 0 Å². The second-order valence-corrected chi connectivity index (χ2v) is 7.41. The molecular weight excluding hydrogens is 344 g/mol. The van der Waals surface area contributed by atoms with Crippen LogP contribution < -0.4 is 0 Å². The zero-order valence-corrected chi connectivity index (χ0v) is 15.5. The number of hydrogen-bond acceptors (Lipinski definition) is 5. The minimum Gasteiger partial charge on any atom is -0.342 e. The van der Waals surface area contributed by atoms with Gasteiger partial charge in [0.1, 0.15) is 5.82 Å². The molecular formula is C19H24N6O2. The fourth-order valence-electron chi connectivity index (χ4n) is 4.09. The van der Waals surface area contributed by atoms with Crippen LogP contribution in [-0.4, -0.2) is 68.0 Å². The number of amides is 2. The monoisotopic (exact) mass is 368 g/mol. The predicted molar refractivity (Wildman–Crippen MR) is 98.4 cm³/mol. The van der Waals surface area contributed by atoms with Gasteiger partial charge in [-0.25, -0.2) is 4.98 Å². The molecule has 0 bridgehead atoms. The molecule has 2 aliphatic rings. The van der Waals surface area contributed by atoms with Gasteiger partial charge < -0.3 is 9.80 Å². The maximum absolute atomic E-state index is 12.8. The van der Waals surface area contributed by atoms with Crippen LogP contribution in [0.15, 0.2) is 24.5 Å². The molecule has 8 heteroatoms. The van der Waals surface area contributed by atoms with E-state index in [0.717, 1.165) is 37.9 Å². The summed E-state index contributed by atoms with van der Waals surface area (Å²) in [7, 11) is 0. The van der Waals surface area contributed by atoms with Crippen molar-refractivity contribution in [1.29, 1.82) is 0 Å². The van der Waals surface area contributed by atoms with Gasteiger partial charge in [0, 0.05) is 44.1 Å². The van der Waals surface area contributed by atoms with Gasteiger partial charge in [0.05, 0.1) is 11.8 Å². The molecule has 1 N–H and O–H groups in total. The molecule has 2 aromatic rings. The molecule has 0 aliphatic carbocycles. The molecule has 4 rings (SSSR count). The van der Waals surface area contributed by atoms with Crippen LogP contribution in [0.1, 0.15) is 32.0 Å². The van der Waals surface area contributed by atoms with E-state index in [1.165, 1.54) is 0 Å². The number of likely N-dealkylation sites (tertiary alicyclic amines) is 2. The van der Waals surface area contributed by atoms with Crippen molar-refractivity contribution < 1.29 is 9.59 Å². The number of pyridine rings is 1. The minimum atomic E-state index is -0.368. The Hall–Kier alpha value is -2.77. The van der Waals surface area contributed by atoms with E-state index in [-0.39, 0.29) is 23.7 Å². The number of nitrogens with zero attached hydrogens (tertiary/aromatic N) is 5. The SMILES string of the molecule is CCCN1CCC2(CCN(C(=O)Cc3nc(-c4cccnc4)n[nH]3)C2)C1=O. The van der Waals surface area contributed by atoms with E-state index in [2.05, 4.69) is 27.1 Å². The summed E-state index contributed by atoms with van der Waals surface area (Å²) in [6.45, 7) is 4.86. The van der Waals surface area contributed by atoms with Gasteiger partial charge in [0.15, 0.2) is 5.82 Å². The second kappa shape index (κ2) is 7.09. The third kappa shape index (κ3) is 3.31. The summed E-state index contributed by atoms with van der Waals surface area (Å²) in [5.41, 5.74) is 0.438. The summed E-state index contributed by atoms with van der Waals surface area (Å²) in [4.78, 5) is 37.7. The molecule has 0 aromatic carbocycles. The Bertz CT molecular complexity index is 836. The molecule has 1 unspecified atom stereocenters. The Labute approximate surface area is 158 Å². The van der Waals surface area contributed by atoms with Crippen LogP contribution in [0.4, 0.5) is 0 Å². The van der Waals surface area contributed by atoms with E-state index >= 15 is 0 Å². The first kappa shape index (κ1) is 17.6. The highest BCUT2D eigenvalue weighted by Crippen LogP contribution is 2.40. The molecule has 2 fully saturated rings. The quantitative estimate of drug-likeness (QED) is 0.858. The lowest BCUT2D eigenvalue weighted by Crippen LogP contribution is -2.39. The van der Waals surface area contributed by atoms with E-state index in [1.807, 2.05) is 17.0 Å². The normalized spacial score (nSPS) is 22.2. The maximum Gasteiger partial charge on any atom is 0.230 e. The number of H-pyrrole nitrogens is 1. The lowest BCUT2D eigenvalue weighted by Gasteiger charge is -2.23. The number of hydrogen-bond donors (Lipinski definition) is 1. The molecule has 2 aromatic heterocycles. The first-order chi connectivity index (χ1) is 13.1. The predicted octanol–water partition coefficient (Wildman–Crippen LogP) is 1.27. The van der Waals surface area contributed by atoms with Crippen LogP contribution in [0.25, 0.3) is 11.4 Å². The maximum atomic E-state index is 12.8. The van der Waals surface area contributed by atoms with Crippen molar-refractivity contribution in [3.05, 3.63) is 30.4 Å². The smallest absolute Gasteiger partial charge is 0.230 e. The van der Waals surface area contributed by atoms with Gasteiger partial charge in [0.2, 0.25) is 11.8 Å². The van der Waals surface area contributed by atoms with Crippen molar-refractivity contribution >= 4 is 11.8 Å².